The summed E-state index contributed by atoms with van der Waals surface area (Å²) in [4.78, 5) is 12.5. The smallest absolute Gasteiger partial charge is 0.338 e. The summed E-state index contributed by atoms with van der Waals surface area (Å²) >= 11 is 1.57. The predicted molar refractivity (Wildman–Crippen MR) is 54.2 cm³/mol. The van der Waals surface area contributed by atoms with Gasteiger partial charge in [0, 0.05) is 10.3 Å². The highest BCUT2D eigenvalue weighted by Gasteiger charge is 2.07. The van der Waals surface area contributed by atoms with Crippen molar-refractivity contribution in [1.29, 1.82) is 0 Å². The second-order valence-electron chi connectivity index (χ2n) is 2.94. The number of carbonyl (C=O) groups is 1. The van der Waals surface area contributed by atoms with Crippen LogP contribution in [0.15, 0.2) is 11.4 Å². The minimum absolute atomic E-state index is 0.196. The van der Waals surface area contributed by atoms with Gasteiger partial charge in [-0.05, 0) is 19.4 Å². The van der Waals surface area contributed by atoms with Crippen molar-refractivity contribution in [3.63, 3.8) is 0 Å². The van der Waals surface area contributed by atoms with Gasteiger partial charge in [0.25, 0.3) is 0 Å². The Morgan fingerprint density at radius 1 is 1.62 bits per heavy atom. The standard InChI is InChI=1S/C10H14O2S/c1-3-4-5-12-10(11)9-6-8(2)13-7-9/h6-7H,3-5H2,1-2H3. The fraction of sp³-hybridized carbons (Fsp3) is 0.500. The summed E-state index contributed by atoms with van der Waals surface area (Å²) in [6, 6.07) is 1.86. The van der Waals surface area contributed by atoms with E-state index in [2.05, 4.69) is 6.92 Å². The molecule has 0 spiro atoms. The first kappa shape index (κ1) is 10.3. The molecule has 0 aromatic carbocycles. The summed E-state index contributed by atoms with van der Waals surface area (Å²) in [5.41, 5.74) is 0.679. The topological polar surface area (TPSA) is 26.3 Å². The van der Waals surface area contributed by atoms with Crippen molar-refractivity contribution in [2.75, 3.05) is 6.61 Å². The number of thiophene rings is 1. The molecule has 0 aliphatic heterocycles. The Bertz CT molecular complexity index is 278. The predicted octanol–water partition coefficient (Wildman–Crippen LogP) is 3.01. The average Bonchev–Trinajstić information content (AvgIpc) is 2.52. The van der Waals surface area contributed by atoms with Gasteiger partial charge in [-0.1, -0.05) is 13.3 Å². The number of esters is 1. The number of hydrogen-bond donors (Lipinski definition) is 0. The molecule has 13 heavy (non-hydrogen) atoms. The molecular formula is C10H14O2S. The van der Waals surface area contributed by atoms with Crippen molar-refractivity contribution >= 4 is 17.3 Å². The molecule has 0 N–H and O–H groups in total. The van der Waals surface area contributed by atoms with Crippen LogP contribution < -0.4 is 0 Å². The van der Waals surface area contributed by atoms with E-state index >= 15 is 0 Å². The van der Waals surface area contributed by atoms with Crippen LogP contribution in [-0.2, 0) is 4.74 Å². The first-order valence-electron chi connectivity index (χ1n) is 4.46. The normalized spacial score (nSPS) is 10.0. The van der Waals surface area contributed by atoms with Gasteiger partial charge in [0.1, 0.15) is 0 Å². The fourth-order valence-electron chi connectivity index (χ4n) is 0.943. The molecule has 2 nitrogen and oxygen atoms in total. The van der Waals surface area contributed by atoms with E-state index in [0.29, 0.717) is 12.2 Å². The quantitative estimate of drug-likeness (QED) is 0.549. The van der Waals surface area contributed by atoms with E-state index < -0.39 is 0 Å². The lowest BCUT2D eigenvalue weighted by atomic mass is 10.3. The summed E-state index contributed by atoms with van der Waals surface area (Å²) < 4.78 is 5.05. The van der Waals surface area contributed by atoms with Gasteiger partial charge in [0.15, 0.2) is 0 Å². The number of carbonyl (C=O) groups excluding carboxylic acids is 1. The molecule has 72 valence electrons. The van der Waals surface area contributed by atoms with Gasteiger partial charge in [-0.15, -0.1) is 11.3 Å². The lowest BCUT2D eigenvalue weighted by Crippen LogP contribution is -2.04. The summed E-state index contributed by atoms with van der Waals surface area (Å²) in [6.07, 6.45) is 1.99. The van der Waals surface area contributed by atoms with Gasteiger partial charge < -0.3 is 4.74 Å². The van der Waals surface area contributed by atoms with E-state index in [9.17, 15) is 4.79 Å². The minimum Gasteiger partial charge on any atom is -0.462 e. The molecule has 3 heteroatoms. The third-order valence-corrected chi connectivity index (χ3v) is 2.56. The van der Waals surface area contributed by atoms with Crippen LogP contribution >= 0.6 is 11.3 Å². The van der Waals surface area contributed by atoms with Gasteiger partial charge >= 0.3 is 5.97 Å². The number of ether oxygens (including phenoxy) is 1. The molecule has 0 fully saturated rings. The molecular weight excluding hydrogens is 184 g/mol. The Labute approximate surface area is 82.5 Å². The van der Waals surface area contributed by atoms with Crippen LogP contribution in [0.1, 0.15) is 35.0 Å². The molecule has 1 rings (SSSR count). The van der Waals surface area contributed by atoms with Crippen LogP contribution in [-0.4, -0.2) is 12.6 Å². The summed E-state index contributed by atoms with van der Waals surface area (Å²) in [6.45, 7) is 4.58. The van der Waals surface area contributed by atoms with E-state index in [1.807, 2.05) is 18.4 Å². The number of rotatable bonds is 4. The molecule has 1 aromatic heterocycles. The Morgan fingerprint density at radius 3 is 2.92 bits per heavy atom. The monoisotopic (exact) mass is 198 g/mol. The van der Waals surface area contributed by atoms with E-state index in [0.717, 1.165) is 17.7 Å². The van der Waals surface area contributed by atoms with Crippen LogP contribution in [0.25, 0.3) is 0 Å². The van der Waals surface area contributed by atoms with Crippen molar-refractivity contribution < 1.29 is 9.53 Å². The highest BCUT2D eigenvalue weighted by atomic mass is 32.1. The van der Waals surface area contributed by atoms with Gasteiger partial charge in [-0.3, -0.25) is 0 Å². The summed E-state index contributed by atoms with van der Waals surface area (Å²) in [7, 11) is 0. The molecule has 0 aliphatic carbocycles. The largest absolute Gasteiger partial charge is 0.462 e. The van der Waals surface area contributed by atoms with Crippen molar-refractivity contribution in [3.05, 3.63) is 21.9 Å². The number of hydrogen-bond acceptors (Lipinski definition) is 3. The van der Waals surface area contributed by atoms with Crippen molar-refractivity contribution in [2.45, 2.75) is 26.7 Å². The zero-order valence-corrected chi connectivity index (χ0v) is 8.82. The van der Waals surface area contributed by atoms with Crippen molar-refractivity contribution in [3.8, 4) is 0 Å². The van der Waals surface area contributed by atoms with Gasteiger partial charge in [-0.25, -0.2) is 4.79 Å². The van der Waals surface area contributed by atoms with Crippen molar-refractivity contribution in [1.82, 2.24) is 0 Å². The molecule has 0 bridgehead atoms. The maximum atomic E-state index is 11.3. The Hall–Kier alpha value is -0.830. The van der Waals surface area contributed by atoms with Crippen LogP contribution in [0.3, 0.4) is 0 Å². The molecule has 0 aliphatic rings. The number of unbranched alkanes of at least 4 members (excludes halogenated alkanes) is 1. The fourth-order valence-corrected chi connectivity index (χ4v) is 1.62. The Balaban J connectivity index is 2.40. The second-order valence-corrected chi connectivity index (χ2v) is 4.05. The van der Waals surface area contributed by atoms with Gasteiger partial charge in [0.2, 0.25) is 0 Å². The first-order chi connectivity index (χ1) is 6.24. The number of aryl methyl sites for hydroxylation is 1. The molecule has 1 heterocycles. The molecule has 0 unspecified atom stereocenters. The van der Waals surface area contributed by atoms with Crippen LogP contribution in [0.4, 0.5) is 0 Å². The third-order valence-electron chi connectivity index (χ3n) is 1.70. The van der Waals surface area contributed by atoms with Crippen LogP contribution in [0, 0.1) is 6.92 Å². The average molecular weight is 198 g/mol. The molecule has 0 radical (unpaired) electrons. The third kappa shape index (κ3) is 3.19. The Morgan fingerprint density at radius 2 is 2.38 bits per heavy atom. The second kappa shape index (κ2) is 5.02. The van der Waals surface area contributed by atoms with E-state index in [-0.39, 0.29) is 5.97 Å². The van der Waals surface area contributed by atoms with Gasteiger partial charge in [0.05, 0.1) is 12.2 Å². The van der Waals surface area contributed by atoms with E-state index in [4.69, 9.17) is 4.74 Å². The van der Waals surface area contributed by atoms with E-state index in [1.54, 1.807) is 11.3 Å². The summed E-state index contributed by atoms with van der Waals surface area (Å²) in [5, 5.41) is 1.84. The zero-order valence-electron chi connectivity index (χ0n) is 8.00. The lowest BCUT2D eigenvalue weighted by molar-refractivity contribution is 0.0500. The molecule has 0 saturated heterocycles. The van der Waals surface area contributed by atoms with Crippen molar-refractivity contribution in [2.24, 2.45) is 0 Å². The molecule has 0 atom stereocenters. The summed E-state index contributed by atoms with van der Waals surface area (Å²) in [5.74, 6) is -0.196. The molecule has 0 amide bonds. The van der Waals surface area contributed by atoms with Gasteiger partial charge in [-0.2, -0.15) is 0 Å². The molecule has 0 saturated carbocycles. The Kier molecular flexibility index (Phi) is 3.96. The SMILES string of the molecule is CCCCOC(=O)c1csc(C)c1. The highest BCUT2D eigenvalue weighted by Crippen LogP contribution is 2.13. The maximum absolute atomic E-state index is 11.3. The van der Waals surface area contributed by atoms with E-state index in [1.165, 1.54) is 0 Å². The maximum Gasteiger partial charge on any atom is 0.338 e. The zero-order chi connectivity index (χ0) is 9.68. The van der Waals surface area contributed by atoms with Crippen LogP contribution in [0.2, 0.25) is 0 Å². The molecule has 1 aromatic rings. The highest BCUT2D eigenvalue weighted by molar-refractivity contribution is 7.10. The van der Waals surface area contributed by atoms with Crippen LogP contribution in [0.5, 0.6) is 0 Å². The minimum atomic E-state index is -0.196. The first-order valence-corrected chi connectivity index (χ1v) is 5.34. The lowest BCUT2D eigenvalue weighted by Gasteiger charge is -2.00.